The molecule has 0 fully saturated rings. The van der Waals surface area contributed by atoms with Crippen LogP contribution < -0.4 is 0 Å². The van der Waals surface area contributed by atoms with Gasteiger partial charge in [0.2, 0.25) is 0 Å². The number of nitrogens with zero attached hydrogens (tertiary/aromatic N) is 2. The van der Waals surface area contributed by atoms with E-state index >= 15 is 0 Å². The molecule has 0 saturated carbocycles. The van der Waals surface area contributed by atoms with Crippen LogP contribution in [0.2, 0.25) is 0 Å². The summed E-state index contributed by atoms with van der Waals surface area (Å²) in [5.74, 6) is -0.0215. The number of ketones is 1. The molecule has 2 aromatic heterocycles. The summed E-state index contributed by atoms with van der Waals surface area (Å²) in [7, 11) is 0. The third-order valence-electron chi connectivity index (χ3n) is 1.99. The van der Waals surface area contributed by atoms with Crippen molar-refractivity contribution in [3.63, 3.8) is 0 Å². The number of fused-ring (bicyclic) bond motifs is 1. The molecule has 0 saturated heterocycles. The van der Waals surface area contributed by atoms with Gasteiger partial charge in [0.15, 0.2) is 11.4 Å². The zero-order valence-corrected chi connectivity index (χ0v) is 7.74. The molecule has 0 aliphatic heterocycles. The Bertz CT molecular complexity index is 513. The second kappa shape index (κ2) is 3.06. The lowest BCUT2D eigenvalue weighted by atomic mass is 10.2. The summed E-state index contributed by atoms with van der Waals surface area (Å²) in [6.07, 6.45) is 4.83. The summed E-state index contributed by atoms with van der Waals surface area (Å²) < 4.78 is 0. The van der Waals surface area contributed by atoms with E-state index in [0.717, 1.165) is 0 Å². The summed E-state index contributed by atoms with van der Waals surface area (Å²) in [6.45, 7) is 5.10. The molecular weight excluding hydrogens is 178 g/mol. The molecule has 0 aliphatic carbocycles. The molecule has 0 atom stereocenters. The van der Waals surface area contributed by atoms with Crippen molar-refractivity contribution >= 4 is 23.0 Å². The molecule has 0 aromatic carbocycles. The Kier molecular flexibility index (Phi) is 1.89. The average molecular weight is 187 g/mol. The van der Waals surface area contributed by atoms with E-state index in [0.29, 0.717) is 22.4 Å². The van der Waals surface area contributed by atoms with E-state index in [4.69, 9.17) is 0 Å². The summed E-state index contributed by atoms with van der Waals surface area (Å²) in [5.41, 5.74) is 2.46. The van der Waals surface area contributed by atoms with E-state index < -0.39 is 0 Å². The summed E-state index contributed by atoms with van der Waals surface area (Å²) in [5, 5.41) is 0. The van der Waals surface area contributed by atoms with Crippen molar-refractivity contribution in [2.45, 2.75) is 6.92 Å². The van der Waals surface area contributed by atoms with E-state index in [1.807, 2.05) is 0 Å². The van der Waals surface area contributed by atoms with Crippen LogP contribution in [0, 0.1) is 0 Å². The fraction of sp³-hybridized carbons (Fsp3) is 0.100. The Morgan fingerprint density at radius 3 is 3.07 bits per heavy atom. The normalized spacial score (nSPS) is 10.4. The third kappa shape index (κ3) is 1.21. The van der Waals surface area contributed by atoms with Gasteiger partial charge in [0, 0.05) is 6.20 Å². The molecule has 0 aliphatic rings. The number of aromatic amines is 1. The van der Waals surface area contributed by atoms with Gasteiger partial charge in [0.25, 0.3) is 0 Å². The Hall–Kier alpha value is -1.97. The highest BCUT2D eigenvalue weighted by Crippen LogP contribution is 2.14. The topological polar surface area (TPSA) is 58.6 Å². The highest BCUT2D eigenvalue weighted by Gasteiger charge is 2.09. The van der Waals surface area contributed by atoms with Crippen molar-refractivity contribution in [1.82, 2.24) is 15.0 Å². The van der Waals surface area contributed by atoms with Crippen LogP contribution in [0.15, 0.2) is 19.0 Å². The van der Waals surface area contributed by atoms with Crippen molar-refractivity contribution in [3.05, 3.63) is 30.2 Å². The zero-order chi connectivity index (χ0) is 10.1. The maximum Gasteiger partial charge on any atom is 0.163 e. The van der Waals surface area contributed by atoms with Crippen molar-refractivity contribution in [2.24, 2.45) is 0 Å². The fourth-order valence-electron chi connectivity index (χ4n) is 1.27. The van der Waals surface area contributed by atoms with Gasteiger partial charge in [-0.15, -0.1) is 0 Å². The quantitative estimate of drug-likeness (QED) is 0.729. The van der Waals surface area contributed by atoms with Gasteiger partial charge in [-0.3, -0.25) is 4.79 Å². The maximum absolute atomic E-state index is 11.2. The van der Waals surface area contributed by atoms with Gasteiger partial charge in [-0.1, -0.05) is 6.58 Å². The molecule has 0 unspecified atom stereocenters. The molecule has 0 bridgehead atoms. The first kappa shape index (κ1) is 8.62. The number of carbonyl (C=O) groups is 1. The Labute approximate surface area is 80.7 Å². The molecule has 70 valence electrons. The first-order chi connectivity index (χ1) is 6.72. The second-order valence-electron chi connectivity index (χ2n) is 2.95. The number of hydrogen-bond acceptors (Lipinski definition) is 3. The zero-order valence-electron chi connectivity index (χ0n) is 7.74. The molecule has 4 heteroatoms. The first-order valence-corrected chi connectivity index (χ1v) is 4.20. The lowest BCUT2D eigenvalue weighted by Gasteiger charge is -1.93. The molecule has 2 rings (SSSR count). The first-order valence-electron chi connectivity index (χ1n) is 4.20. The molecular formula is C10H9N3O. The summed E-state index contributed by atoms with van der Waals surface area (Å²) in [6, 6.07) is 0. The molecule has 2 aromatic rings. The van der Waals surface area contributed by atoms with E-state index in [-0.39, 0.29) is 5.78 Å². The van der Waals surface area contributed by atoms with Crippen molar-refractivity contribution in [3.8, 4) is 0 Å². The number of H-pyrrole nitrogens is 1. The molecule has 0 spiro atoms. The van der Waals surface area contributed by atoms with Crippen LogP contribution >= 0.6 is 0 Å². The molecule has 0 amide bonds. The van der Waals surface area contributed by atoms with Gasteiger partial charge in [-0.05, 0) is 13.0 Å². The minimum atomic E-state index is -0.0215. The van der Waals surface area contributed by atoms with E-state index in [1.54, 1.807) is 18.5 Å². The van der Waals surface area contributed by atoms with Gasteiger partial charge >= 0.3 is 0 Å². The van der Waals surface area contributed by atoms with E-state index in [2.05, 4.69) is 21.5 Å². The summed E-state index contributed by atoms with van der Waals surface area (Å²) in [4.78, 5) is 22.5. The Morgan fingerprint density at radius 1 is 1.64 bits per heavy atom. The van der Waals surface area contributed by atoms with Crippen LogP contribution in [0.1, 0.15) is 23.0 Å². The maximum atomic E-state index is 11.2. The standard InChI is InChI=1S/C10H9N3O/c1-3-7-4-11-10-9(13-7)8(5-12-10)6(2)14/h3-5H,1H2,2H3,(H,11,12). The van der Waals surface area contributed by atoms with Crippen LogP contribution in [0.25, 0.3) is 17.2 Å². The van der Waals surface area contributed by atoms with Crippen LogP contribution in [0.5, 0.6) is 0 Å². The number of rotatable bonds is 2. The monoisotopic (exact) mass is 187 g/mol. The van der Waals surface area contributed by atoms with Crippen molar-refractivity contribution < 1.29 is 4.79 Å². The van der Waals surface area contributed by atoms with Crippen LogP contribution in [0.3, 0.4) is 0 Å². The molecule has 4 nitrogen and oxygen atoms in total. The minimum absolute atomic E-state index is 0.0215. The number of nitrogens with one attached hydrogen (secondary N) is 1. The average Bonchev–Trinajstić information content (AvgIpc) is 2.59. The smallest absolute Gasteiger partial charge is 0.163 e. The van der Waals surface area contributed by atoms with Crippen molar-refractivity contribution in [1.29, 1.82) is 0 Å². The number of Topliss-reactive ketones (excluding diaryl/α,β-unsaturated/α-hetero) is 1. The largest absolute Gasteiger partial charge is 0.344 e. The minimum Gasteiger partial charge on any atom is -0.344 e. The predicted octanol–water partition coefficient (Wildman–Crippen LogP) is 1.80. The van der Waals surface area contributed by atoms with Gasteiger partial charge < -0.3 is 4.98 Å². The van der Waals surface area contributed by atoms with E-state index in [9.17, 15) is 4.79 Å². The third-order valence-corrected chi connectivity index (χ3v) is 1.99. The number of hydrogen-bond donors (Lipinski definition) is 1. The molecule has 14 heavy (non-hydrogen) atoms. The lowest BCUT2D eigenvalue weighted by molar-refractivity contribution is 0.101. The predicted molar refractivity (Wildman–Crippen MR) is 54.0 cm³/mol. The van der Waals surface area contributed by atoms with Gasteiger partial charge in [0.05, 0.1) is 17.5 Å². The second-order valence-corrected chi connectivity index (χ2v) is 2.95. The molecule has 1 N–H and O–H groups in total. The Balaban J connectivity index is 2.75. The van der Waals surface area contributed by atoms with Crippen LogP contribution in [-0.4, -0.2) is 20.7 Å². The Morgan fingerprint density at radius 2 is 2.43 bits per heavy atom. The molecule has 0 radical (unpaired) electrons. The van der Waals surface area contributed by atoms with Crippen molar-refractivity contribution in [2.75, 3.05) is 0 Å². The molecule has 2 heterocycles. The van der Waals surface area contributed by atoms with Gasteiger partial charge in [0.1, 0.15) is 5.52 Å². The summed E-state index contributed by atoms with van der Waals surface area (Å²) >= 11 is 0. The van der Waals surface area contributed by atoms with Gasteiger partial charge in [-0.2, -0.15) is 0 Å². The number of aromatic nitrogens is 3. The SMILES string of the molecule is C=Cc1cnc2[nH]cc(C(C)=O)c2n1. The van der Waals surface area contributed by atoms with Crippen LogP contribution in [-0.2, 0) is 0 Å². The van der Waals surface area contributed by atoms with E-state index in [1.165, 1.54) is 6.92 Å². The fourth-order valence-corrected chi connectivity index (χ4v) is 1.27. The lowest BCUT2D eigenvalue weighted by Crippen LogP contribution is -1.92. The van der Waals surface area contributed by atoms with Gasteiger partial charge in [-0.25, -0.2) is 9.97 Å². The number of carbonyl (C=O) groups excluding carboxylic acids is 1. The highest BCUT2D eigenvalue weighted by molar-refractivity contribution is 6.04. The van der Waals surface area contributed by atoms with Crippen LogP contribution in [0.4, 0.5) is 0 Å². The highest BCUT2D eigenvalue weighted by atomic mass is 16.1.